The highest BCUT2D eigenvalue weighted by atomic mass is 16.4. The average Bonchev–Trinajstić information content (AvgIpc) is 2.82. The molecular formula is C16H20O2. The van der Waals surface area contributed by atoms with Gasteiger partial charge in [0.05, 0.1) is 0 Å². The van der Waals surface area contributed by atoms with Crippen molar-refractivity contribution in [2.24, 2.45) is 0 Å². The Bertz CT molecular complexity index is 505. The summed E-state index contributed by atoms with van der Waals surface area (Å²) < 4.78 is 5.60. The fraction of sp³-hybridized carbons (Fsp3) is 0.375. The van der Waals surface area contributed by atoms with Gasteiger partial charge in [0.25, 0.3) is 0 Å². The first-order valence-corrected chi connectivity index (χ1v) is 6.43. The number of aryl methyl sites for hydroxylation is 3. The summed E-state index contributed by atoms with van der Waals surface area (Å²) >= 11 is 0. The van der Waals surface area contributed by atoms with Crippen LogP contribution in [0.15, 0.2) is 34.7 Å². The van der Waals surface area contributed by atoms with Gasteiger partial charge in [0.1, 0.15) is 17.6 Å². The van der Waals surface area contributed by atoms with Gasteiger partial charge >= 0.3 is 0 Å². The fourth-order valence-electron chi connectivity index (χ4n) is 2.23. The lowest BCUT2D eigenvalue weighted by Crippen LogP contribution is -2.04. The monoisotopic (exact) mass is 244 g/mol. The zero-order valence-corrected chi connectivity index (χ0v) is 11.2. The minimum absolute atomic E-state index is 0.565. The quantitative estimate of drug-likeness (QED) is 0.889. The van der Waals surface area contributed by atoms with Gasteiger partial charge in [-0.2, -0.15) is 0 Å². The topological polar surface area (TPSA) is 33.4 Å². The molecule has 0 saturated heterocycles. The van der Waals surface area contributed by atoms with E-state index in [4.69, 9.17) is 4.42 Å². The Balaban J connectivity index is 2.18. The summed E-state index contributed by atoms with van der Waals surface area (Å²) in [6.07, 6.45) is 0.899. The first-order valence-electron chi connectivity index (χ1n) is 6.43. The lowest BCUT2D eigenvalue weighted by atomic mass is 9.97. The minimum atomic E-state index is -0.565. The molecule has 96 valence electrons. The summed E-state index contributed by atoms with van der Waals surface area (Å²) in [6.45, 7) is 6.20. The van der Waals surface area contributed by atoms with Crippen LogP contribution < -0.4 is 0 Å². The van der Waals surface area contributed by atoms with E-state index in [1.807, 2.05) is 25.1 Å². The molecule has 1 aromatic heterocycles. The predicted molar refractivity (Wildman–Crippen MR) is 72.7 cm³/mol. The number of aliphatic hydroxyl groups excluding tert-OH is 1. The molecule has 0 spiro atoms. The Kier molecular flexibility index (Phi) is 3.87. The van der Waals surface area contributed by atoms with Gasteiger partial charge in [-0.3, -0.25) is 0 Å². The molecule has 18 heavy (non-hydrogen) atoms. The maximum atomic E-state index is 10.2. The maximum absolute atomic E-state index is 10.2. The molecule has 1 N–H and O–H groups in total. The summed E-state index contributed by atoms with van der Waals surface area (Å²) in [5.74, 6) is 1.58. The zero-order valence-electron chi connectivity index (χ0n) is 11.2. The Morgan fingerprint density at radius 3 is 2.33 bits per heavy atom. The second kappa shape index (κ2) is 5.40. The van der Waals surface area contributed by atoms with Crippen molar-refractivity contribution >= 4 is 0 Å². The second-order valence-electron chi connectivity index (χ2n) is 4.75. The molecule has 2 nitrogen and oxygen atoms in total. The summed E-state index contributed by atoms with van der Waals surface area (Å²) in [6, 6.07) is 10.0. The molecule has 2 rings (SSSR count). The fourth-order valence-corrected chi connectivity index (χ4v) is 2.23. The standard InChI is InChI=1S/C16H20O2/c1-4-13-8-9-16(18-13)15(17)10-14-11(2)6-5-7-12(14)3/h5-9,15,17H,4,10H2,1-3H3. The zero-order chi connectivity index (χ0) is 13.1. The van der Waals surface area contributed by atoms with Gasteiger partial charge < -0.3 is 9.52 Å². The molecule has 1 aromatic carbocycles. The summed E-state index contributed by atoms with van der Waals surface area (Å²) in [7, 11) is 0. The third-order valence-electron chi connectivity index (χ3n) is 3.40. The van der Waals surface area contributed by atoms with Crippen LogP contribution in [0.5, 0.6) is 0 Å². The van der Waals surface area contributed by atoms with Gasteiger partial charge in [0.2, 0.25) is 0 Å². The van der Waals surface area contributed by atoms with E-state index in [1.54, 1.807) is 0 Å². The minimum Gasteiger partial charge on any atom is -0.463 e. The largest absolute Gasteiger partial charge is 0.463 e. The molecule has 0 amide bonds. The first-order chi connectivity index (χ1) is 8.61. The van der Waals surface area contributed by atoms with Crippen LogP contribution >= 0.6 is 0 Å². The average molecular weight is 244 g/mol. The smallest absolute Gasteiger partial charge is 0.133 e. The molecule has 1 atom stereocenters. The Hall–Kier alpha value is -1.54. The Morgan fingerprint density at radius 1 is 1.11 bits per heavy atom. The third kappa shape index (κ3) is 2.65. The SMILES string of the molecule is CCc1ccc(C(O)Cc2c(C)cccc2C)o1. The van der Waals surface area contributed by atoms with Crippen molar-refractivity contribution in [1.82, 2.24) is 0 Å². The number of rotatable bonds is 4. The van der Waals surface area contributed by atoms with E-state index in [0.29, 0.717) is 12.2 Å². The molecule has 0 bridgehead atoms. The van der Waals surface area contributed by atoms with E-state index in [1.165, 1.54) is 16.7 Å². The van der Waals surface area contributed by atoms with Gasteiger partial charge in [-0.25, -0.2) is 0 Å². The molecule has 0 saturated carbocycles. The van der Waals surface area contributed by atoms with Gasteiger partial charge in [-0.05, 0) is 42.7 Å². The van der Waals surface area contributed by atoms with Crippen molar-refractivity contribution in [1.29, 1.82) is 0 Å². The van der Waals surface area contributed by atoms with Crippen molar-refractivity contribution < 1.29 is 9.52 Å². The van der Waals surface area contributed by atoms with Crippen LogP contribution in [0, 0.1) is 13.8 Å². The van der Waals surface area contributed by atoms with Gasteiger partial charge in [-0.15, -0.1) is 0 Å². The third-order valence-corrected chi connectivity index (χ3v) is 3.40. The Morgan fingerprint density at radius 2 is 1.78 bits per heavy atom. The van der Waals surface area contributed by atoms with Crippen LogP contribution in [0.2, 0.25) is 0 Å². The van der Waals surface area contributed by atoms with E-state index in [9.17, 15) is 5.11 Å². The maximum Gasteiger partial charge on any atom is 0.133 e. The molecule has 0 aliphatic carbocycles. The first kappa shape index (κ1) is 12.9. The van der Waals surface area contributed by atoms with Crippen molar-refractivity contribution in [3.8, 4) is 0 Å². The number of aliphatic hydroxyl groups is 1. The molecule has 1 heterocycles. The summed E-state index contributed by atoms with van der Waals surface area (Å²) in [5.41, 5.74) is 3.65. The van der Waals surface area contributed by atoms with Crippen LogP contribution in [0.4, 0.5) is 0 Å². The number of hydrogen-bond donors (Lipinski definition) is 1. The van der Waals surface area contributed by atoms with Gasteiger partial charge in [0, 0.05) is 12.8 Å². The van der Waals surface area contributed by atoms with Crippen molar-refractivity contribution in [3.63, 3.8) is 0 Å². The molecule has 0 aliphatic heterocycles. The lowest BCUT2D eigenvalue weighted by molar-refractivity contribution is 0.148. The van der Waals surface area contributed by atoms with Crippen LogP contribution in [-0.2, 0) is 12.8 Å². The molecule has 1 unspecified atom stereocenters. The Labute approximate surface area is 108 Å². The van der Waals surface area contributed by atoms with Crippen LogP contribution in [0.1, 0.15) is 41.2 Å². The van der Waals surface area contributed by atoms with Gasteiger partial charge in [-0.1, -0.05) is 25.1 Å². The molecule has 2 heteroatoms. The highest BCUT2D eigenvalue weighted by molar-refractivity contribution is 5.34. The predicted octanol–water partition coefficient (Wildman–Crippen LogP) is 3.73. The molecule has 0 aliphatic rings. The highest BCUT2D eigenvalue weighted by Crippen LogP contribution is 2.24. The van der Waals surface area contributed by atoms with E-state index in [-0.39, 0.29) is 0 Å². The second-order valence-corrected chi connectivity index (χ2v) is 4.75. The highest BCUT2D eigenvalue weighted by Gasteiger charge is 2.15. The lowest BCUT2D eigenvalue weighted by Gasteiger charge is -2.13. The van der Waals surface area contributed by atoms with Gasteiger partial charge in [0.15, 0.2) is 0 Å². The van der Waals surface area contributed by atoms with Crippen molar-refractivity contribution in [3.05, 3.63) is 58.5 Å². The van der Waals surface area contributed by atoms with Crippen LogP contribution in [0.25, 0.3) is 0 Å². The molecule has 0 fully saturated rings. The number of benzene rings is 1. The van der Waals surface area contributed by atoms with Crippen LogP contribution in [0.3, 0.4) is 0 Å². The van der Waals surface area contributed by atoms with E-state index >= 15 is 0 Å². The number of furan rings is 1. The molecular weight excluding hydrogens is 224 g/mol. The summed E-state index contributed by atoms with van der Waals surface area (Å²) in [5, 5.41) is 10.2. The van der Waals surface area contributed by atoms with Crippen LogP contribution in [-0.4, -0.2) is 5.11 Å². The van der Waals surface area contributed by atoms with E-state index in [2.05, 4.69) is 26.0 Å². The van der Waals surface area contributed by atoms with Crippen molar-refractivity contribution in [2.75, 3.05) is 0 Å². The van der Waals surface area contributed by atoms with E-state index in [0.717, 1.165) is 12.2 Å². The molecule has 2 aromatic rings. The molecule has 0 radical (unpaired) electrons. The number of hydrogen-bond acceptors (Lipinski definition) is 2. The summed E-state index contributed by atoms with van der Waals surface area (Å²) in [4.78, 5) is 0. The van der Waals surface area contributed by atoms with Crippen molar-refractivity contribution in [2.45, 2.75) is 39.7 Å². The van der Waals surface area contributed by atoms with E-state index < -0.39 is 6.10 Å². The normalized spacial score (nSPS) is 12.7.